The second-order valence-corrected chi connectivity index (χ2v) is 34.0. The smallest absolute Gasteiger partial charge is 0.311 e. The van der Waals surface area contributed by atoms with Crippen LogP contribution in [0.4, 0.5) is 0 Å². The summed E-state index contributed by atoms with van der Waals surface area (Å²) < 4.78 is 26.8. The lowest BCUT2D eigenvalue weighted by molar-refractivity contribution is -0.135. The maximum absolute atomic E-state index is 15.1. The molecule has 0 amide bonds. The molecule has 1 unspecified atom stereocenters. The van der Waals surface area contributed by atoms with Crippen molar-refractivity contribution in [3.8, 4) is 56.4 Å². The summed E-state index contributed by atoms with van der Waals surface area (Å²) in [5, 5.41) is 3.92. The lowest BCUT2D eigenvalue weighted by Gasteiger charge is -2.29. The topological polar surface area (TPSA) is 71.1 Å². The molecule has 0 bridgehead atoms. The number of hydrogen-bond donors (Lipinski definition) is 0. The molecule has 4 aliphatic carbocycles. The Morgan fingerprint density at radius 3 is 1.04 bits per heavy atom. The van der Waals surface area contributed by atoms with Crippen LogP contribution in [0.15, 0.2) is 158 Å². The van der Waals surface area contributed by atoms with Crippen molar-refractivity contribution in [1.29, 1.82) is 0 Å². The third-order valence-electron chi connectivity index (χ3n) is 26.3. The molecule has 0 spiro atoms. The minimum atomic E-state index is -0.255. The number of unbranched alkanes of at least 4 members (excludes halogenated alkanes) is 7. The van der Waals surface area contributed by atoms with E-state index in [0.717, 1.165) is 161 Å². The van der Waals surface area contributed by atoms with Crippen molar-refractivity contribution in [3.63, 3.8) is 0 Å². The third kappa shape index (κ3) is 22.1. The molecule has 0 aromatic heterocycles. The van der Waals surface area contributed by atoms with E-state index in [-0.39, 0.29) is 18.4 Å². The summed E-state index contributed by atoms with van der Waals surface area (Å²) >= 11 is 0. The van der Waals surface area contributed by atoms with Crippen molar-refractivity contribution in [2.24, 2.45) is 35.5 Å². The lowest BCUT2D eigenvalue weighted by Crippen LogP contribution is -2.14. The van der Waals surface area contributed by atoms with Crippen LogP contribution in [-0.2, 0) is 9.59 Å². The van der Waals surface area contributed by atoms with E-state index in [2.05, 4.69) is 199 Å². The van der Waals surface area contributed by atoms with E-state index >= 15 is 9.59 Å². The SMILES string of the molecule is CCCC1CCC(c2ccc(OCCCCCCCCCC(=O)Oc3c(-c4ccc(C5CCC(CCC)CC5)cc4)cc4ccccc4c3-c3c(OC(=O)CCCC[C@H](C)C(C)CCOc4ccc(C5CCC(CCC)CC5)cc4)c(-c4ccc(C5CCC(CCC)CC5)cc4)cc4ccccc34)cc2)CC1. The fraction of sp³-hybridized carbons (Fsp3) is 0.545. The van der Waals surface area contributed by atoms with Gasteiger partial charge in [0.25, 0.3) is 0 Å². The van der Waals surface area contributed by atoms with Crippen molar-refractivity contribution in [3.05, 3.63) is 180 Å². The van der Waals surface area contributed by atoms with Crippen LogP contribution < -0.4 is 18.9 Å². The fourth-order valence-corrected chi connectivity index (χ4v) is 19.5. The van der Waals surface area contributed by atoms with Crippen molar-refractivity contribution >= 4 is 33.5 Å². The molecular weight excluding hydrogens is 1310 g/mol. The van der Waals surface area contributed by atoms with Crippen LogP contribution in [0.2, 0.25) is 0 Å². The van der Waals surface area contributed by atoms with E-state index in [1.165, 1.54) is 176 Å². The number of carbonyl (C=O) groups excluding carboxylic acids is 2. The first kappa shape index (κ1) is 79.4. The van der Waals surface area contributed by atoms with Gasteiger partial charge in [-0.3, -0.25) is 9.59 Å². The summed E-state index contributed by atoms with van der Waals surface area (Å²) in [6.45, 7) is 15.4. The number of carbonyl (C=O) groups is 2. The monoisotopic (exact) mass is 1440 g/mol. The van der Waals surface area contributed by atoms with Gasteiger partial charge in [0.05, 0.1) is 13.2 Å². The molecule has 0 aliphatic heterocycles. The molecule has 0 N–H and O–H groups in total. The van der Waals surface area contributed by atoms with Crippen LogP contribution in [0.3, 0.4) is 0 Å². The van der Waals surface area contributed by atoms with E-state index in [4.69, 9.17) is 18.9 Å². The Bertz CT molecular complexity index is 3980. The van der Waals surface area contributed by atoms with Gasteiger partial charge < -0.3 is 18.9 Å². The fourth-order valence-electron chi connectivity index (χ4n) is 19.5. The number of fused-ring (bicyclic) bond motifs is 2. The van der Waals surface area contributed by atoms with Crippen LogP contribution in [0.25, 0.3) is 54.9 Å². The van der Waals surface area contributed by atoms with Gasteiger partial charge in [0.1, 0.15) is 23.0 Å². The molecule has 0 saturated heterocycles. The highest BCUT2D eigenvalue weighted by atomic mass is 16.5. The summed E-state index contributed by atoms with van der Waals surface area (Å²) in [6.07, 6.45) is 42.6. The molecule has 4 saturated carbocycles. The van der Waals surface area contributed by atoms with E-state index in [1.54, 1.807) is 0 Å². The van der Waals surface area contributed by atoms with Crippen molar-refractivity contribution < 1.29 is 28.5 Å². The van der Waals surface area contributed by atoms with Gasteiger partial charge in [-0.2, -0.15) is 0 Å². The molecule has 12 rings (SSSR count). The Kier molecular flexibility index (Phi) is 30.4. The van der Waals surface area contributed by atoms with Gasteiger partial charge >= 0.3 is 11.9 Å². The first-order chi connectivity index (χ1) is 52.5. The van der Waals surface area contributed by atoms with Crippen LogP contribution in [0.5, 0.6) is 23.0 Å². The molecule has 6 nitrogen and oxygen atoms in total. The van der Waals surface area contributed by atoms with E-state index in [1.807, 2.05) is 0 Å². The van der Waals surface area contributed by atoms with Crippen LogP contribution >= 0.6 is 0 Å². The summed E-state index contributed by atoms with van der Waals surface area (Å²) in [6, 6.07) is 57.9. The first-order valence-electron chi connectivity index (χ1n) is 43.7. The molecule has 2 atom stereocenters. The Morgan fingerprint density at radius 1 is 0.346 bits per heavy atom. The Morgan fingerprint density at radius 2 is 0.664 bits per heavy atom. The number of hydrogen-bond acceptors (Lipinski definition) is 6. The largest absolute Gasteiger partial charge is 0.494 e. The van der Waals surface area contributed by atoms with Gasteiger partial charge in [-0.15, -0.1) is 0 Å². The van der Waals surface area contributed by atoms with E-state index in [9.17, 15) is 0 Å². The van der Waals surface area contributed by atoms with Crippen molar-refractivity contribution in [2.75, 3.05) is 13.2 Å². The summed E-state index contributed by atoms with van der Waals surface area (Å²) in [7, 11) is 0. The molecule has 4 fully saturated rings. The van der Waals surface area contributed by atoms with Gasteiger partial charge in [0.15, 0.2) is 0 Å². The highest BCUT2D eigenvalue weighted by Gasteiger charge is 2.31. The highest BCUT2D eigenvalue weighted by Crippen LogP contribution is 2.54. The van der Waals surface area contributed by atoms with E-state index in [0.29, 0.717) is 66.5 Å². The molecule has 8 aromatic rings. The van der Waals surface area contributed by atoms with Gasteiger partial charge in [0.2, 0.25) is 0 Å². The average molecular weight is 1440 g/mol. The maximum atomic E-state index is 15.1. The summed E-state index contributed by atoms with van der Waals surface area (Å²) in [5.41, 5.74) is 11.0. The van der Waals surface area contributed by atoms with Crippen LogP contribution in [0, 0.1) is 35.5 Å². The number of ether oxygens (including phenoxy) is 4. The molecule has 107 heavy (non-hydrogen) atoms. The van der Waals surface area contributed by atoms with Crippen molar-refractivity contribution in [1.82, 2.24) is 0 Å². The van der Waals surface area contributed by atoms with Gasteiger partial charge in [-0.1, -0.05) is 259 Å². The maximum Gasteiger partial charge on any atom is 0.311 e. The molecule has 0 heterocycles. The zero-order valence-electron chi connectivity index (χ0n) is 66.8. The normalized spacial score (nSPS) is 21.1. The molecule has 4 aliphatic rings. The minimum absolute atomic E-state index is 0.248. The first-order valence-corrected chi connectivity index (χ1v) is 43.7. The molecule has 8 aromatic carbocycles. The lowest BCUT2D eigenvalue weighted by atomic mass is 9.77. The number of esters is 2. The van der Waals surface area contributed by atoms with Crippen LogP contribution in [0.1, 0.15) is 325 Å². The molecule has 0 radical (unpaired) electrons. The van der Waals surface area contributed by atoms with E-state index < -0.39 is 0 Å². The van der Waals surface area contributed by atoms with Gasteiger partial charge in [-0.05, 0) is 279 Å². The van der Waals surface area contributed by atoms with Gasteiger partial charge in [0, 0.05) is 35.1 Å². The number of benzene rings is 8. The van der Waals surface area contributed by atoms with Gasteiger partial charge in [-0.25, -0.2) is 0 Å². The molecule has 572 valence electrons. The zero-order chi connectivity index (χ0) is 74.1. The van der Waals surface area contributed by atoms with Crippen molar-refractivity contribution in [2.45, 2.75) is 303 Å². The predicted octanol–water partition coefficient (Wildman–Crippen LogP) is 29.6. The molecule has 6 heteroatoms. The number of rotatable bonds is 38. The summed E-state index contributed by atoms with van der Waals surface area (Å²) in [5.74, 6) is 9.33. The quantitative estimate of drug-likeness (QED) is 0.0218. The second-order valence-electron chi connectivity index (χ2n) is 34.0. The molecular formula is C101H132O6. The Labute approximate surface area is 646 Å². The average Bonchev–Trinajstić information content (AvgIpc) is 0.728. The van der Waals surface area contributed by atoms with Crippen LogP contribution in [-0.4, -0.2) is 25.2 Å². The Balaban J connectivity index is 0.771. The summed E-state index contributed by atoms with van der Waals surface area (Å²) in [4.78, 5) is 30.2. The highest BCUT2D eigenvalue weighted by molar-refractivity contribution is 6.15. The zero-order valence-corrected chi connectivity index (χ0v) is 66.8. The third-order valence-corrected chi connectivity index (χ3v) is 26.3. The minimum Gasteiger partial charge on any atom is -0.494 e. The predicted molar refractivity (Wildman–Crippen MR) is 450 cm³/mol. The second kappa shape index (κ2) is 41.0. The standard InChI is InChI=1S/C101H132O6/c1-7-24-74-35-43-78(44-36-74)82-51-55-86(56-52-82)94-70-88-29-18-20-31-92(88)98(100(94)106-96(102)33-16-14-12-11-13-15-23-68-104-90-63-59-84(60-64-90)80-47-39-76(26-9-3)40-48-80)99-93-32-21-19-30-89(93)71-95(87-57-53-83(54-58-87)79-45-37-75(25-8-2)38-46-79)101(99)107-97(103)34-22-17-28-72(5)73(6)67-69-105-91-65-61-85(62-66-91)81-49-41-77(27-10-4)42-50-81/h18-21,29-32,51-66,70-81H,7-17,22-28,33-50,67-69H2,1-6H3/t72-,73?,74?,75?,76?,77?,78?,79?,80?,81?/m0/s1. The Hall–Kier alpha value is -7.18.